The summed E-state index contributed by atoms with van der Waals surface area (Å²) in [6, 6.07) is 9.45. The van der Waals surface area contributed by atoms with E-state index in [-0.39, 0.29) is 6.54 Å². The van der Waals surface area contributed by atoms with Crippen LogP contribution in [0.3, 0.4) is 0 Å². The molecule has 0 aromatic heterocycles. The normalized spacial score (nSPS) is 14.2. The fourth-order valence-corrected chi connectivity index (χ4v) is 1.03. The Morgan fingerprint density at radius 2 is 2.00 bits per heavy atom. The molecular weight excluding hydrogens is 166 g/mol. The lowest BCUT2D eigenvalue weighted by Gasteiger charge is -1.96. The Hall–Kier alpha value is -1.35. The van der Waals surface area contributed by atoms with Crippen molar-refractivity contribution < 1.29 is 15.1 Å². The van der Waals surface area contributed by atoms with Crippen LogP contribution in [-0.2, 0) is 0 Å². The molecule has 0 aliphatic carbocycles. The van der Waals surface area contributed by atoms with Crippen LogP contribution in [0.25, 0.3) is 0 Å². The third-order valence-corrected chi connectivity index (χ3v) is 1.55. The number of hydrogen-bond donors (Lipinski definition) is 2. The average Bonchev–Trinajstić information content (AvgIpc) is 2.04. The first-order valence-electron chi connectivity index (χ1n) is 4.22. The highest BCUT2D eigenvalue weighted by molar-refractivity contribution is 5.75. The highest BCUT2D eigenvalue weighted by Gasteiger charge is 2.06. The molecule has 0 bridgehead atoms. The molecule has 0 amide bonds. The van der Waals surface area contributed by atoms with E-state index in [0.717, 1.165) is 10.3 Å². The Morgan fingerprint density at radius 1 is 1.38 bits per heavy atom. The van der Waals surface area contributed by atoms with Gasteiger partial charge in [0.05, 0.1) is 0 Å². The first-order valence-corrected chi connectivity index (χ1v) is 4.22. The summed E-state index contributed by atoms with van der Waals surface area (Å²) in [4.78, 5) is 0. The van der Waals surface area contributed by atoms with Gasteiger partial charge in [-0.15, -0.1) is 0 Å². The molecule has 3 heteroatoms. The number of hydroxylamine groups is 1. The summed E-state index contributed by atoms with van der Waals surface area (Å²) in [5.41, 5.74) is 0.908. The predicted octanol–water partition coefficient (Wildman–Crippen LogP) is 0.888. The second-order valence-electron chi connectivity index (χ2n) is 3.01. The maximum Gasteiger partial charge on any atom is 0.222 e. The van der Waals surface area contributed by atoms with E-state index in [2.05, 4.69) is 0 Å². The Labute approximate surface area is 77.5 Å². The van der Waals surface area contributed by atoms with Gasteiger partial charge < -0.3 is 5.11 Å². The van der Waals surface area contributed by atoms with Gasteiger partial charge in [0.1, 0.15) is 6.10 Å². The summed E-state index contributed by atoms with van der Waals surface area (Å²) < 4.78 is 0.986. The molecule has 70 valence electrons. The topological polar surface area (TPSA) is 43.5 Å². The molecule has 0 spiro atoms. The second-order valence-corrected chi connectivity index (χ2v) is 3.01. The van der Waals surface area contributed by atoms with Crippen molar-refractivity contribution in [3.8, 4) is 0 Å². The molecule has 0 saturated heterocycles. The molecule has 0 aliphatic heterocycles. The highest BCUT2D eigenvalue weighted by Crippen LogP contribution is 1.93. The Balaban J connectivity index is 2.66. The van der Waals surface area contributed by atoms with Crippen LogP contribution in [-0.4, -0.2) is 33.9 Å². The zero-order valence-electron chi connectivity index (χ0n) is 7.59. The van der Waals surface area contributed by atoms with Crippen LogP contribution in [0.2, 0.25) is 0 Å². The zero-order valence-corrected chi connectivity index (χ0v) is 7.59. The molecule has 1 aromatic carbocycles. The number of benzene rings is 1. The van der Waals surface area contributed by atoms with E-state index in [1.807, 2.05) is 30.3 Å². The third-order valence-electron chi connectivity index (χ3n) is 1.55. The zero-order chi connectivity index (χ0) is 9.68. The van der Waals surface area contributed by atoms with Crippen LogP contribution < -0.4 is 0 Å². The molecule has 2 N–H and O–H groups in total. The molecule has 1 atom stereocenters. The van der Waals surface area contributed by atoms with Crippen molar-refractivity contribution in [2.24, 2.45) is 0 Å². The van der Waals surface area contributed by atoms with E-state index in [1.165, 1.54) is 0 Å². The summed E-state index contributed by atoms with van der Waals surface area (Å²) in [5.74, 6) is 0. The van der Waals surface area contributed by atoms with Crippen molar-refractivity contribution in [1.82, 2.24) is 0 Å². The van der Waals surface area contributed by atoms with Crippen molar-refractivity contribution in [2.45, 2.75) is 13.0 Å². The lowest BCUT2D eigenvalue weighted by atomic mass is 10.2. The minimum absolute atomic E-state index is 0.217. The van der Waals surface area contributed by atoms with Gasteiger partial charge in [0, 0.05) is 5.56 Å². The number of hydrogen-bond acceptors (Lipinski definition) is 2. The summed E-state index contributed by atoms with van der Waals surface area (Å²) >= 11 is 0. The second kappa shape index (κ2) is 4.62. The van der Waals surface area contributed by atoms with Crippen LogP contribution in [0, 0.1) is 0 Å². The molecular formula is C10H14NO2+. The quantitative estimate of drug-likeness (QED) is 0.314. The van der Waals surface area contributed by atoms with E-state index in [1.54, 1.807) is 13.1 Å². The van der Waals surface area contributed by atoms with Crippen LogP contribution in [0.15, 0.2) is 30.3 Å². The SMILES string of the molecule is CC(O)C[N+](O)=Cc1ccccc1. The number of aliphatic hydroxyl groups excluding tert-OH is 1. The van der Waals surface area contributed by atoms with Crippen molar-refractivity contribution >= 4 is 6.21 Å². The molecule has 0 fully saturated rings. The van der Waals surface area contributed by atoms with Crippen LogP contribution in [0.4, 0.5) is 0 Å². The average molecular weight is 180 g/mol. The summed E-state index contributed by atoms with van der Waals surface area (Å²) in [6.07, 6.45) is 1.04. The van der Waals surface area contributed by atoms with Crippen molar-refractivity contribution in [1.29, 1.82) is 0 Å². The van der Waals surface area contributed by atoms with Gasteiger partial charge in [0.15, 0.2) is 0 Å². The first-order chi connectivity index (χ1) is 6.18. The molecule has 0 aliphatic rings. The first kappa shape index (κ1) is 9.74. The van der Waals surface area contributed by atoms with Crippen molar-refractivity contribution in [3.05, 3.63) is 35.9 Å². The summed E-state index contributed by atoms with van der Waals surface area (Å²) in [5, 5.41) is 18.3. The fraction of sp³-hybridized carbons (Fsp3) is 0.300. The minimum Gasteiger partial charge on any atom is -0.387 e. The van der Waals surface area contributed by atoms with E-state index in [0.29, 0.717) is 0 Å². The predicted molar refractivity (Wildman–Crippen MR) is 50.2 cm³/mol. The Kier molecular flexibility index (Phi) is 3.46. The van der Waals surface area contributed by atoms with Crippen molar-refractivity contribution in [2.75, 3.05) is 6.54 Å². The Morgan fingerprint density at radius 3 is 2.54 bits per heavy atom. The van der Waals surface area contributed by atoms with E-state index in [4.69, 9.17) is 5.11 Å². The molecule has 3 nitrogen and oxygen atoms in total. The third kappa shape index (κ3) is 3.71. The lowest BCUT2D eigenvalue weighted by molar-refractivity contribution is -0.774. The molecule has 0 saturated carbocycles. The Bertz CT molecular complexity index is 280. The fourth-order valence-electron chi connectivity index (χ4n) is 1.03. The van der Waals surface area contributed by atoms with Gasteiger partial charge in [0.25, 0.3) is 0 Å². The minimum atomic E-state index is -0.537. The molecule has 13 heavy (non-hydrogen) atoms. The van der Waals surface area contributed by atoms with Gasteiger partial charge in [0.2, 0.25) is 12.8 Å². The van der Waals surface area contributed by atoms with Crippen molar-refractivity contribution in [3.63, 3.8) is 0 Å². The maximum absolute atomic E-state index is 9.29. The highest BCUT2D eigenvalue weighted by atomic mass is 16.5. The van der Waals surface area contributed by atoms with E-state index >= 15 is 0 Å². The van der Waals surface area contributed by atoms with E-state index < -0.39 is 6.10 Å². The van der Waals surface area contributed by atoms with Crippen LogP contribution in [0.1, 0.15) is 12.5 Å². The van der Waals surface area contributed by atoms with Gasteiger partial charge in [-0.1, -0.05) is 18.2 Å². The smallest absolute Gasteiger partial charge is 0.222 e. The molecule has 0 radical (unpaired) electrons. The molecule has 1 unspecified atom stereocenters. The van der Waals surface area contributed by atoms with E-state index in [9.17, 15) is 5.21 Å². The summed E-state index contributed by atoms with van der Waals surface area (Å²) in [6.45, 7) is 1.84. The number of nitrogens with zero attached hydrogens (tertiary/aromatic N) is 1. The van der Waals surface area contributed by atoms with Gasteiger partial charge in [-0.05, 0) is 23.8 Å². The maximum atomic E-state index is 9.29. The van der Waals surface area contributed by atoms with Gasteiger partial charge in [-0.25, -0.2) is 0 Å². The lowest BCUT2D eigenvalue weighted by Crippen LogP contribution is -2.20. The van der Waals surface area contributed by atoms with Gasteiger partial charge in [-0.2, -0.15) is 0 Å². The number of rotatable bonds is 3. The standard InChI is InChI=1S/C10H14NO2/c1-9(12)7-11(13)8-10-5-3-2-4-6-10/h2-6,8-9,12-13H,7H2,1H3/q+1. The molecule has 1 rings (SSSR count). The van der Waals surface area contributed by atoms with Crippen LogP contribution in [0.5, 0.6) is 0 Å². The molecule has 1 aromatic rings. The van der Waals surface area contributed by atoms with Gasteiger partial charge in [-0.3, -0.25) is 5.21 Å². The monoisotopic (exact) mass is 180 g/mol. The molecule has 0 heterocycles. The van der Waals surface area contributed by atoms with Gasteiger partial charge >= 0.3 is 0 Å². The van der Waals surface area contributed by atoms with Crippen LogP contribution >= 0.6 is 0 Å². The summed E-state index contributed by atoms with van der Waals surface area (Å²) in [7, 11) is 0. The largest absolute Gasteiger partial charge is 0.387 e. The number of aliphatic hydroxyl groups is 1.